The average molecular weight is 550 g/mol. The molecule has 11 heteroatoms. The number of rotatable bonds is 7. The molecule has 0 radical (unpaired) electrons. The molecule has 0 aliphatic carbocycles. The number of pyridine rings is 1. The Balaban J connectivity index is 1.58. The number of anilines is 2. The molecule has 0 unspecified atom stereocenters. The number of aromatic nitrogens is 1. The highest BCUT2D eigenvalue weighted by Gasteiger charge is 2.34. The monoisotopic (exact) mass is 549 g/mol. The summed E-state index contributed by atoms with van der Waals surface area (Å²) in [6.07, 6.45) is 2.51. The predicted molar refractivity (Wildman–Crippen MR) is 148 cm³/mol. The fraction of sp³-hybridized carbons (Fsp3) is 0.310. The fourth-order valence-corrected chi connectivity index (χ4v) is 4.33. The van der Waals surface area contributed by atoms with E-state index in [1.165, 1.54) is 41.6 Å². The van der Waals surface area contributed by atoms with Gasteiger partial charge in [-0.3, -0.25) is 14.6 Å². The molecule has 40 heavy (non-hydrogen) atoms. The maximum Gasteiger partial charge on any atom is 0.321 e. The number of fused-ring (bicyclic) bond motifs is 1. The van der Waals surface area contributed by atoms with Crippen LogP contribution >= 0.6 is 0 Å². The van der Waals surface area contributed by atoms with E-state index in [1.54, 1.807) is 49.2 Å². The molecule has 4 amide bonds. The van der Waals surface area contributed by atoms with E-state index in [2.05, 4.69) is 15.6 Å². The number of halogens is 1. The second-order valence-corrected chi connectivity index (χ2v) is 9.84. The Morgan fingerprint density at radius 1 is 1.12 bits per heavy atom. The number of hydrogen-bond donors (Lipinski definition) is 3. The molecule has 0 saturated carbocycles. The smallest absolute Gasteiger partial charge is 0.321 e. The number of amides is 4. The Hall–Kier alpha value is -4.51. The molecule has 3 atom stereocenters. The highest BCUT2D eigenvalue weighted by molar-refractivity contribution is 6.05. The molecule has 1 aliphatic rings. The van der Waals surface area contributed by atoms with E-state index in [0.717, 1.165) is 0 Å². The number of hydrogen-bond acceptors (Lipinski definition) is 6. The molecule has 2 heterocycles. The van der Waals surface area contributed by atoms with Crippen molar-refractivity contribution in [2.75, 3.05) is 37.4 Å². The van der Waals surface area contributed by atoms with Crippen LogP contribution in [-0.4, -0.2) is 76.6 Å². The number of carbonyl (C=O) groups excluding carboxylic acids is 3. The Kier molecular flexibility index (Phi) is 8.95. The van der Waals surface area contributed by atoms with Crippen molar-refractivity contribution in [3.05, 3.63) is 83.9 Å². The van der Waals surface area contributed by atoms with E-state index < -0.39 is 24.0 Å². The van der Waals surface area contributed by atoms with Gasteiger partial charge in [0.25, 0.3) is 11.8 Å². The lowest BCUT2D eigenvalue weighted by molar-refractivity contribution is 0.0371. The predicted octanol–water partition coefficient (Wildman–Crippen LogP) is 3.86. The zero-order valence-corrected chi connectivity index (χ0v) is 22.5. The van der Waals surface area contributed by atoms with Gasteiger partial charge in [-0.2, -0.15) is 0 Å². The third-order valence-corrected chi connectivity index (χ3v) is 6.76. The summed E-state index contributed by atoms with van der Waals surface area (Å²) in [5.41, 5.74) is 1.49. The summed E-state index contributed by atoms with van der Waals surface area (Å²) in [6.45, 7) is 3.88. The van der Waals surface area contributed by atoms with Crippen molar-refractivity contribution >= 4 is 29.2 Å². The van der Waals surface area contributed by atoms with Gasteiger partial charge in [-0.05, 0) is 61.5 Å². The summed E-state index contributed by atoms with van der Waals surface area (Å²) in [5.74, 6) is -1.02. The Bertz CT molecular complexity index is 1350. The number of nitrogens with zero attached hydrogens (tertiary/aromatic N) is 3. The van der Waals surface area contributed by atoms with Crippen molar-refractivity contribution in [1.29, 1.82) is 0 Å². The van der Waals surface area contributed by atoms with E-state index in [0.29, 0.717) is 22.7 Å². The second kappa shape index (κ2) is 12.6. The van der Waals surface area contributed by atoms with Gasteiger partial charge in [0.1, 0.15) is 17.7 Å². The molecular formula is C29H32FN5O5. The van der Waals surface area contributed by atoms with Crippen LogP contribution in [0.25, 0.3) is 0 Å². The van der Waals surface area contributed by atoms with E-state index in [9.17, 15) is 23.9 Å². The van der Waals surface area contributed by atoms with Crippen LogP contribution in [0.2, 0.25) is 0 Å². The quantitative estimate of drug-likeness (QED) is 0.411. The maximum atomic E-state index is 13.6. The number of nitrogens with one attached hydrogen (secondary N) is 2. The van der Waals surface area contributed by atoms with Crippen molar-refractivity contribution in [3.63, 3.8) is 0 Å². The van der Waals surface area contributed by atoms with E-state index in [4.69, 9.17) is 4.74 Å². The zero-order valence-electron chi connectivity index (χ0n) is 22.5. The number of ether oxygens (including phenoxy) is 1. The van der Waals surface area contributed by atoms with Gasteiger partial charge in [0.05, 0.1) is 24.8 Å². The van der Waals surface area contributed by atoms with Gasteiger partial charge >= 0.3 is 6.03 Å². The summed E-state index contributed by atoms with van der Waals surface area (Å²) >= 11 is 0. The molecule has 3 aromatic rings. The maximum absolute atomic E-state index is 13.6. The zero-order chi connectivity index (χ0) is 28.8. The second-order valence-electron chi connectivity index (χ2n) is 9.84. The van der Waals surface area contributed by atoms with Crippen LogP contribution in [0.3, 0.4) is 0 Å². The lowest BCUT2D eigenvalue weighted by Crippen LogP contribution is -2.50. The first-order chi connectivity index (χ1) is 19.2. The Morgan fingerprint density at radius 3 is 2.48 bits per heavy atom. The molecule has 0 bridgehead atoms. The van der Waals surface area contributed by atoms with Crippen LogP contribution in [0.1, 0.15) is 34.6 Å². The fourth-order valence-electron chi connectivity index (χ4n) is 4.33. The molecule has 4 rings (SSSR count). The number of benzene rings is 2. The summed E-state index contributed by atoms with van der Waals surface area (Å²) in [6, 6.07) is 12.5. The van der Waals surface area contributed by atoms with Crippen LogP contribution in [-0.2, 0) is 0 Å². The normalized spacial score (nSPS) is 17.5. The van der Waals surface area contributed by atoms with Gasteiger partial charge < -0.3 is 30.3 Å². The third-order valence-electron chi connectivity index (χ3n) is 6.76. The third kappa shape index (κ3) is 6.73. The van der Waals surface area contributed by atoms with Crippen LogP contribution in [0, 0.1) is 11.7 Å². The molecule has 0 saturated heterocycles. The molecule has 210 valence electrons. The minimum Gasteiger partial charge on any atom is -0.487 e. The van der Waals surface area contributed by atoms with Crippen LogP contribution in [0.5, 0.6) is 5.75 Å². The lowest BCUT2D eigenvalue weighted by atomic mass is 9.99. The SMILES string of the molecule is C[C@@H]1CN([C@@H](C)CO)C(=O)c2cc(NC(=O)c3ccncc3)ccc2O[C@@H]1CN(C)C(=O)Nc1ccc(F)cc1. The number of aliphatic hydroxyl groups excluding tert-OH is 1. The first-order valence-electron chi connectivity index (χ1n) is 12.9. The summed E-state index contributed by atoms with van der Waals surface area (Å²) in [5, 5.41) is 15.4. The van der Waals surface area contributed by atoms with E-state index in [1.807, 2.05) is 6.92 Å². The van der Waals surface area contributed by atoms with Gasteiger partial charge in [0.15, 0.2) is 0 Å². The Morgan fingerprint density at radius 2 is 1.80 bits per heavy atom. The minimum atomic E-state index is -0.513. The standard InChI is InChI=1S/C29H32FN5O5/c1-18-15-35(19(2)17-36)28(38)24-14-23(32-27(37)20-10-12-31-13-11-20)8-9-25(24)40-26(18)16-34(3)29(39)33-22-6-4-21(30)5-7-22/h4-14,18-19,26,36H,15-17H2,1-3H3,(H,32,37)(H,33,39)/t18-,19+,26-/m1/s1. The van der Waals surface area contributed by atoms with Crippen LogP contribution < -0.4 is 15.4 Å². The average Bonchev–Trinajstić information content (AvgIpc) is 2.96. The van der Waals surface area contributed by atoms with Gasteiger partial charge in [-0.1, -0.05) is 6.92 Å². The molecule has 0 fully saturated rings. The molecule has 10 nitrogen and oxygen atoms in total. The highest BCUT2D eigenvalue weighted by Crippen LogP contribution is 2.31. The lowest BCUT2D eigenvalue weighted by Gasteiger charge is -2.38. The molecule has 1 aliphatic heterocycles. The summed E-state index contributed by atoms with van der Waals surface area (Å²) in [7, 11) is 1.62. The topological polar surface area (TPSA) is 124 Å². The van der Waals surface area contributed by atoms with Crippen molar-refractivity contribution in [2.24, 2.45) is 5.92 Å². The van der Waals surface area contributed by atoms with Crippen LogP contribution in [0.15, 0.2) is 67.0 Å². The highest BCUT2D eigenvalue weighted by atomic mass is 19.1. The molecular weight excluding hydrogens is 517 g/mol. The summed E-state index contributed by atoms with van der Waals surface area (Å²) < 4.78 is 19.5. The molecule has 2 aromatic carbocycles. The molecule has 0 spiro atoms. The van der Waals surface area contributed by atoms with E-state index >= 15 is 0 Å². The first kappa shape index (κ1) is 28.5. The Labute approximate surface area is 231 Å². The largest absolute Gasteiger partial charge is 0.487 e. The van der Waals surface area contributed by atoms with Crippen molar-refractivity contribution in [2.45, 2.75) is 26.0 Å². The number of aliphatic hydroxyl groups is 1. The summed E-state index contributed by atoms with van der Waals surface area (Å²) in [4.78, 5) is 46.1. The van der Waals surface area contributed by atoms with Gasteiger partial charge in [0, 0.05) is 48.8 Å². The minimum absolute atomic E-state index is 0.184. The number of carbonyl (C=O) groups is 3. The van der Waals surface area contributed by atoms with E-state index in [-0.39, 0.29) is 43.0 Å². The molecule has 1 aromatic heterocycles. The van der Waals surface area contributed by atoms with Gasteiger partial charge in [-0.25, -0.2) is 9.18 Å². The molecule has 3 N–H and O–H groups in total. The number of likely N-dealkylation sites (N-methyl/N-ethyl adjacent to an activating group) is 1. The number of urea groups is 1. The van der Waals surface area contributed by atoms with Crippen molar-refractivity contribution < 1.29 is 28.6 Å². The van der Waals surface area contributed by atoms with Gasteiger partial charge in [-0.15, -0.1) is 0 Å². The van der Waals surface area contributed by atoms with Crippen LogP contribution in [0.4, 0.5) is 20.6 Å². The van der Waals surface area contributed by atoms with Crippen molar-refractivity contribution in [1.82, 2.24) is 14.8 Å². The van der Waals surface area contributed by atoms with Gasteiger partial charge in [0.2, 0.25) is 0 Å². The van der Waals surface area contributed by atoms with Crippen molar-refractivity contribution in [3.8, 4) is 5.75 Å². The first-order valence-corrected chi connectivity index (χ1v) is 12.9.